The smallest absolute Gasteiger partial charge is 0.334 e. The summed E-state index contributed by atoms with van der Waals surface area (Å²) >= 11 is 0. The van der Waals surface area contributed by atoms with Crippen LogP contribution in [0.15, 0.2) is 32.1 Å². The fraction of sp³-hybridized carbons (Fsp3) is 0.607. The summed E-state index contributed by atoms with van der Waals surface area (Å²) in [6.07, 6.45) is 11.3. The molecule has 5 rings (SSSR count). The van der Waals surface area contributed by atoms with Crippen molar-refractivity contribution in [3.63, 3.8) is 0 Å². The molecule has 3 aliphatic rings. The van der Waals surface area contributed by atoms with Crippen molar-refractivity contribution in [2.24, 2.45) is 10.2 Å². The highest BCUT2D eigenvalue weighted by Crippen LogP contribution is 2.36. The van der Waals surface area contributed by atoms with Gasteiger partial charge in [0.05, 0.1) is 5.56 Å². The fourth-order valence-corrected chi connectivity index (χ4v) is 6.36. The molecule has 0 aromatic carbocycles. The lowest BCUT2D eigenvalue weighted by atomic mass is 9.94. The Hall–Kier alpha value is -3.63. The van der Waals surface area contributed by atoms with Gasteiger partial charge >= 0.3 is 5.69 Å². The molecule has 2 amide bonds. The zero-order valence-electron chi connectivity index (χ0n) is 22.6. The van der Waals surface area contributed by atoms with Crippen LogP contribution >= 0.6 is 0 Å². The Kier molecular flexibility index (Phi) is 7.76. The summed E-state index contributed by atoms with van der Waals surface area (Å²) in [4.78, 5) is 58.9. The van der Waals surface area contributed by atoms with E-state index in [1.165, 1.54) is 26.3 Å². The molecule has 2 aliphatic carbocycles. The van der Waals surface area contributed by atoms with Crippen molar-refractivity contribution >= 4 is 23.2 Å². The summed E-state index contributed by atoms with van der Waals surface area (Å²) in [5, 5.41) is 19.6. The van der Waals surface area contributed by atoms with Gasteiger partial charge in [-0.05, 0) is 44.6 Å². The number of hydrogen-bond acceptors (Lipinski definition) is 8. The number of pyridine rings is 1. The standard InChI is InChI=1S/C28H36N6O5/c1-3-17(4-2)32-24(35)21-20(15-16-29-22(21)25(32)36)30-31-23-26(37)33(18-11-7-5-8-12-18)28(39)34(27(23)38)19-13-9-6-10-14-19/h15-19,37H,3-14H2,1-2H3. The third-order valence-corrected chi connectivity index (χ3v) is 8.50. The zero-order valence-corrected chi connectivity index (χ0v) is 22.6. The maximum absolute atomic E-state index is 13.6. The topological polar surface area (TPSA) is 139 Å². The first-order valence-corrected chi connectivity index (χ1v) is 14.3. The highest BCUT2D eigenvalue weighted by molar-refractivity contribution is 6.22. The number of hydrogen-bond donors (Lipinski definition) is 1. The van der Waals surface area contributed by atoms with E-state index in [0.29, 0.717) is 25.7 Å². The highest BCUT2D eigenvalue weighted by atomic mass is 16.3. The molecule has 11 nitrogen and oxygen atoms in total. The van der Waals surface area contributed by atoms with E-state index in [2.05, 4.69) is 15.2 Å². The van der Waals surface area contributed by atoms with Crippen LogP contribution in [0.5, 0.6) is 5.88 Å². The van der Waals surface area contributed by atoms with Crippen LogP contribution in [0, 0.1) is 0 Å². The summed E-state index contributed by atoms with van der Waals surface area (Å²) in [6.45, 7) is 3.82. The van der Waals surface area contributed by atoms with Crippen LogP contribution in [0.25, 0.3) is 0 Å². The van der Waals surface area contributed by atoms with Gasteiger partial charge in [-0.1, -0.05) is 52.4 Å². The van der Waals surface area contributed by atoms with E-state index >= 15 is 0 Å². The van der Waals surface area contributed by atoms with E-state index in [0.717, 1.165) is 51.4 Å². The van der Waals surface area contributed by atoms with Crippen LogP contribution in [-0.2, 0) is 0 Å². The van der Waals surface area contributed by atoms with E-state index in [1.807, 2.05) is 13.8 Å². The molecule has 2 aromatic heterocycles. The number of nitrogens with zero attached hydrogens (tertiary/aromatic N) is 6. The molecular formula is C28H36N6O5. The molecule has 0 unspecified atom stereocenters. The molecule has 1 aliphatic heterocycles. The van der Waals surface area contributed by atoms with Crippen molar-refractivity contribution in [1.82, 2.24) is 19.0 Å². The summed E-state index contributed by atoms with van der Waals surface area (Å²) < 4.78 is 2.58. The van der Waals surface area contributed by atoms with Crippen molar-refractivity contribution in [3.05, 3.63) is 44.4 Å². The number of aromatic nitrogens is 3. The first kappa shape index (κ1) is 27.0. The number of fused-ring (bicyclic) bond motifs is 1. The summed E-state index contributed by atoms with van der Waals surface area (Å²) in [5.74, 6) is -1.48. The van der Waals surface area contributed by atoms with Gasteiger partial charge in [0.15, 0.2) is 0 Å². The lowest BCUT2D eigenvalue weighted by Crippen LogP contribution is -2.43. The minimum Gasteiger partial charge on any atom is -0.493 e. The average Bonchev–Trinajstić information content (AvgIpc) is 3.21. The summed E-state index contributed by atoms with van der Waals surface area (Å²) in [5.41, 5.74) is -1.39. The molecule has 3 heterocycles. The SMILES string of the molecule is CCC(CC)N1C(=O)c2nccc(N=Nc3c(O)n(C4CCCCC4)c(=O)n(C4CCCCC4)c3=O)c2C1=O. The third kappa shape index (κ3) is 4.72. The number of rotatable bonds is 7. The van der Waals surface area contributed by atoms with Crippen LogP contribution < -0.4 is 11.2 Å². The third-order valence-electron chi connectivity index (χ3n) is 8.50. The van der Waals surface area contributed by atoms with Gasteiger partial charge in [0.25, 0.3) is 17.4 Å². The minimum absolute atomic E-state index is 0.000589. The minimum atomic E-state index is -0.688. The summed E-state index contributed by atoms with van der Waals surface area (Å²) in [7, 11) is 0. The predicted molar refractivity (Wildman–Crippen MR) is 144 cm³/mol. The normalized spacial score (nSPS) is 19.0. The highest BCUT2D eigenvalue weighted by Gasteiger charge is 2.42. The van der Waals surface area contributed by atoms with Crippen LogP contribution in [0.3, 0.4) is 0 Å². The second-order valence-corrected chi connectivity index (χ2v) is 10.8. The zero-order chi connectivity index (χ0) is 27.7. The Labute approximate surface area is 226 Å². The lowest BCUT2D eigenvalue weighted by Gasteiger charge is -2.28. The number of amides is 2. The maximum Gasteiger partial charge on any atom is 0.334 e. The van der Waals surface area contributed by atoms with Crippen molar-refractivity contribution in [1.29, 1.82) is 0 Å². The Balaban J connectivity index is 1.61. The molecule has 2 fully saturated rings. The molecule has 2 saturated carbocycles. The van der Waals surface area contributed by atoms with Crippen molar-refractivity contribution < 1.29 is 14.7 Å². The Morgan fingerprint density at radius 3 is 2.05 bits per heavy atom. The van der Waals surface area contributed by atoms with Gasteiger partial charge in [-0.3, -0.25) is 33.4 Å². The van der Waals surface area contributed by atoms with Crippen molar-refractivity contribution in [2.75, 3.05) is 0 Å². The fourth-order valence-electron chi connectivity index (χ4n) is 6.36. The van der Waals surface area contributed by atoms with Crippen LogP contribution in [0.1, 0.15) is 124 Å². The first-order valence-electron chi connectivity index (χ1n) is 14.3. The second-order valence-electron chi connectivity index (χ2n) is 10.8. The van der Waals surface area contributed by atoms with Gasteiger partial charge in [0, 0.05) is 24.3 Å². The van der Waals surface area contributed by atoms with E-state index in [4.69, 9.17) is 0 Å². The van der Waals surface area contributed by atoms with Gasteiger partial charge in [0.1, 0.15) is 11.4 Å². The van der Waals surface area contributed by atoms with E-state index in [-0.39, 0.29) is 40.8 Å². The molecule has 39 heavy (non-hydrogen) atoms. The largest absolute Gasteiger partial charge is 0.493 e. The second kappa shape index (κ2) is 11.2. The van der Waals surface area contributed by atoms with Gasteiger partial charge < -0.3 is 5.11 Å². The number of imide groups is 1. The molecule has 0 spiro atoms. The average molecular weight is 537 g/mol. The van der Waals surface area contributed by atoms with E-state index in [9.17, 15) is 24.3 Å². The molecule has 11 heteroatoms. The number of azo groups is 1. The molecule has 0 bridgehead atoms. The first-order chi connectivity index (χ1) is 18.9. The Morgan fingerprint density at radius 1 is 0.872 bits per heavy atom. The Bertz CT molecular complexity index is 1410. The van der Waals surface area contributed by atoms with E-state index < -0.39 is 28.9 Å². The van der Waals surface area contributed by atoms with E-state index in [1.54, 1.807) is 0 Å². The summed E-state index contributed by atoms with van der Waals surface area (Å²) in [6, 6.07) is 0.696. The van der Waals surface area contributed by atoms with Gasteiger partial charge in [-0.2, -0.15) is 0 Å². The Morgan fingerprint density at radius 2 is 1.46 bits per heavy atom. The predicted octanol–water partition coefficient (Wildman–Crippen LogP) is 5.32. The molecule has 2 aromatic rings. The molecule has 208 valence electrons. The number of carbonyl (C=O) groups is 2. The molecule has 1 N–H and O–H groups in total. The monoisotopic (exact) mass is 536 g/mol. The van der Waals surface area contributed by atoms with Crippen LogP contribution in [0.2, 0.25) is 0 Å². The van der Waals surface area contributed by atoms with Crippen molar-refractivity contribution in [3.8, 4) is 5.88 Å². The lowest BCUT2D eigenvalue weighted by molar-refractivity contribution is 0.0574. The van der Waals surface area contributed by atoms with Crippen LogP contribution in [0.4, 0.5) is 11.4 Å². The molecule has 0 saturated heterocycles. The van der Waals surface area contributed by atoms with Gasteiger partial charge in [-0.15, -0.1) is 10.2 Å². The van der Waals surface area contributed by atoms with Gasteiger partial charge in [-0.25, -0.2) is 4.79 Å². The van der Waals surface area contributed by atoms with Gasteiger partial charge in [0.2, 0.25) is 11.6 Å². The quantitative estimate of drug-likeness (QED) is 0.375. The molecule has 0 atom stereocenters. The molecule has 0 radical (unpaired) electrons. The number of aromatic hydroxyl groups is 1. The van der Waals surface area contributed by atoms with Crippen molar-refractivity contribution in [2.45, 2.75) is 109 Å². The number of carbonyl (C=O) groups excluding carboxylic acids is 2. The van der Waals surface area contributed by atoms with Crippen LogP contribution in [-0.4, -0.2) is 42.0 Å². The molecular weight excluding hydrogens is 500 g/mol. The maximum atomic E-state index is 13.6.